The molecule has 6 nitrogen and oxygen atoms in total. The van der Waals surface area contributed by atoms with E-state index in [0.717, 1.165) is 36.9 Å². The lowest BCUT2D eigenvalue weighted by Gasteiger charge is -2.30. The Bertz CT molecular complexity index is 1120. The zero-order valence-electron chi connectivity index (χ0n) is 19.4. The van der Waals surface area contributed by atoms with Gasteiger partial charge in [-0.2, -0.15) is 5.10 Å². The minimum Gasteiger partial charge on any atom is -0.493 e. The van der Waals surface area contributed by atoms with Crippen LogP contribution in [0.2, 0.25) is 5.02 Å². The molecule has 7 heteroatoms. The van der Waals surface area contributed by atoms with Crippen molar-refractivity contribution in [1.29, 1.82) is 0 Å². The number of nitrogens with zero attached hydrogens (tertiary/aromatic N) is 2. The van der Waals surface area contributed by atoms with E-state index in [1.54, 1.807) is 18.9 Å². The summed E-state index contributed by atoms with van der Waals surface area (Å²) in [5, 5.41) is 8.43. The van der Waals surface area contributed by atoms with Crippen molar-refractivity contribution in [3.63, 3.8) is 0 Å². The second kappa shape index (κ2) is 9.87. The molecule has 1 heterocycles. The minimum atomic E-state index is -0.120. The molecule has 0 saturated heterocycles. The molecule has 0 spiro atoms. The van der Waals surface area contributed by atoms with Crippen LogP contribution in [0.5, 0.6) is 11.5 Å². The van der Waals surface area contributed by atoms with E-state index in [9.17, 15) is 4.79 Å². The van der Waals surface area contributed by atoms with Gasteiger partial charge in [0.05, 0.1) is 26.5 Å². The van der Waals surface area contributed by atoms with Crippen LogP contribution in [0, 0.1) is 6.92 Å². The number of aryl methyl sites for hydroxylation is 1. The minimum absolute atomic E-state index is 0.115. The SMILES string of the molecule is COc1ccc(C2(CNC(=O)c3cc(C)nn3Cc3ccc(Cl)cc3)CCCC2)cc1OC. The van der Waals surface area contributed by atoms with Gasteiger partial charge in [0.1, 0.15) is 5.69 Å². The first kappa shape index (κ1) is 23.2. The van der Waals surface area contributed by atoms with E-state index in [1.165, 1.54) is 5.56 Å². The van der Waals surface area contributed by atoms with Gasteiger partial charge in [-0.05, 0) is 61.2 Å². The maximum atomic E-state index is 13.2. The van der Waals surface area contributed by atoms with E-state index < -0.39 is 0 Å². The Morgan fingerprint density at radius 3 is 2.42 bits per heavy atom. The summed E-state index contributed by atoms with van der Waals surface area (Å²) in [5.74, 6) is 1.31. The first-order chi connectivity index (χ1) is 15.9. The maximum absolute atomic E-state index is 13.2. The van der Waals surface area contributed by atoms with Crippen molar-refractivity contribution in [2.45, 2.75) is 44.6 Å². The van der Waals surface area contributed by atoms with Gasteiger partial charge in [0, 0.05) is 17.0 Å². The zero-order chi connectivity index (χ0) is 23.4. The molecule has 1 fully saturated rings. The van der Waals surface area contributed by atoms with Crippen molar-refractivity contribution in [3.8, 4) is 11.5 Å². The van der Waals surface area contributed by atoms with Gasteiger partial charge in [0.2, 0.25) is 0 Å². The molecule has 1 N–H and O–H groups in total. The van der Waals surface area contributed by atoms with Crippen molar-refractivity contribution >= 4 is 17.5 Å². The summed E-state index contributed by atoms with van der Waals surface area (Å²) in [5.41, 5.74) is 3.45. The average Bonchev–Trinajstić information content (AvgIpc) is 3.46. The molecule has 174 valence electrons. The quantitative estimate of drug-likeness (QED) is 0.497. The molecule has 2 aromatic carbocycles. The van der Waals surface area contributed by atoms with Gasteiger partial charge in [-0.25, -0.2) is 0 Å². The number of benzene rings is 2. The third kappa shape index (κ3) is 5.01. The normalized spacial score (nSPS) is 14.8. The molecule has 1 amide bonds. The van der Waals surface area contributed by atoms with Gasteiger partial charge in [0.15, 0.2) is 11.5 Å². The van der Waals surface area contributed by atoms with E-state index in [2.05, 4.69) is 16.5 Å². The fraction of sp³-hybridized carbons (Fsp3) is 0.385. The number of methoxy groups -OCH3 is 2. The number of amides is 1. The van der Waals surface area contributed by atoms with Crippen molar-refractivity contribution in [1.82, 2.24) is 15.1 Å². The van der Waals surface area contributed by atoms with Gasteiger partial charge in [0.25, 0.3) is 5.91 Å². The topological polar surface area (TPSA) is 65.4 Å². The smallest absolute Gasteiger partial charge is 0.269 e. The highest BCUT2D eigenvalue weighted by molar-refractivity contribution is 6.30. The molecule has 33 heavy (non-hydrogen) atoms. The number of hydrogen-bond acceptors (Lipinski definition) is 4. The highest BCUT2D eigenvalue weighted by atomic mass is 35.5. The number of halogens is 1. The van der Waals surface area contributed by atoms with E-state index >= 15 is 0 Å². The lowest BCUT2D eigenvalue weighted by atomic mass is 9.78. The summed E-state index contributed by atoms with van der Waals surface area (Å²) >= 11 is 6.00. The Balaban J connectivity index is 1.53. The van der Waals surface area contributed by atoms with Crippen molar-refractivity contribution in [3.05, 3.63) is 76.1 Å². The predicted octanol–water partition coefficient (Wildman–Crippen LogP) is 5.15. The fourth-order valence-corrected chi connectivity index (χ4v) is 4.86. The molecule has 0 unspecified atom stereocenters. The second-order valence-corrected chi connectivity index (χ2v) is 9.13. The fourth-order valence-electron chi connectivity index (χ4n) is 4.74. The van der Waals surface area contributed by atoms with E-state index in [4.69, 9.17) is 21.1 Å². The number of carbonyl (C=O) groups excluding carboxylic acids is 1. The molecular weight excluding hydrogens is 438 g/mol. The lowest BCUT2D eigenvalue weighted by molar-refractivity contribution is 0.0932. The lowest BCUT2D eigenvalue weighted by Crippen LogP contribution is -2.39. The predicted molar refractivity (Wildman–Crippen MR) is 130 cm³/mol. The van der Waals surface area contributed by atoms with Crippen LogP contribution < -0.4 is 14.8 Å². The average molecular weight is 468 g/mol. The molecule has 4 rings (SSSR count). The number of nitrogens with one attached hydrogen (secondary N) is 1. The molecule has 1 aliphatic rings. The van der Waals surface area contributed by atoms with Crippen LogP contribution in [-0.4, -0.2) is 36.5 Å². The molecular formula is C26H30ClN3O3. The highest BCUT2D eigenvalue weighted by Gasteiger charge is 2.37. The zero-order valence-corrected chi connectivity index (χ0v) is 20.1. The van der Waals surface area contributed by atoms with Gasteiger partial charge < -0.3 is 14.8 Å². The molecule has 0 bridgehead atoms. The standard InChI is InChI=1S/C26H30ClN3O3/c1-18-14-22(30(29-18)16-19-6-9-21(27)10-7-19)25(31)28-17-26(12-4-5-13-26)20-8-11-23(32-2)24(15-20)33-3/h6-11,14-15H,4-5,12-13,16-17H2,1-3H3,(H,28,31). The number of carbonyl (C=O) groups is 1. The molecule has 0 radical (unpaired) electrons. The van der Waals surface area contributed by atoms with Crippen LogP contribution in [0.4, 0.5) is 0 Å². The largest absolute Gasteiger partial charge is 0.493 e. The molecule has 3 aromatic rings. The third-order valence-corrected chi connectivity index (χ3v) is 6.78. The highest BCUT2D eigenvalue weighted by Crippen LogP contribution is 2.43. The molecule has 1 saturated carbocycles. The van der Waals surface area contributed by atoms with E-state index in [-0.39, 0.29) is 11.3 Å². The number of hydrogen-bond donors (Lipinski definition) is 1. The van der Waals surface area contributed by atoms with Crippen LogP contribution in [0.25, 0.3) is 0 Å². The van der Waals surface area contributed by atoms with Gasteiger partial charge >= 0.3 is 0 Å². The number of rotatable bonds is 8. The van der Waals surface area contributed by atoms with Gasteiger partial charge in [-0.3, -0.25) is 9.48 Å². The Hall–Kier alpha value is -2.99. The summed E-state index contributed by atoms with van der Waals surface area (Å²) in [7, 11) is 3.28. The van der Waals surface area contributed by atoms with Crippen molar-refractivity contribution in [2.24, 2.45) is 0 Å². The van der Waals surface area contributed by atoms with Crippen LogP contribution in [0.1, 0.15) is 53.0 Å². The Labute approximate surface area is 199 Å². The third-order valence-electron chi connectivity index (χ3n) is 6.52. The summed E-state index contributed by atoms with van der Waals surface area (Å²) in [4.78, 5) is 13.2. The van der Waals surface area contributed by atoms with Crippen LogP contribution in [-0.2, 0) is 12.0 Å². The molecule has 1 aliphatic carbocycles. The molecule has 0 atom stereocenters. The Morgan fingerprint density at radius 1 is 1.06 bits per heavy atom. The van der Waals surface area contributed by atoms with Gasteiger partial charge in [-0.1, -0.05) is 42.6 Å². The van der Waals surface area contributed by atoms with Crippen LogP contribution >= 0.6 is 11.6 Å². The van der Waals surface area contributed by atoms with E-state index in [1.807, 2.05) is 49.4 Å². The summed E-state index contributed by atoms with van der Waals surface area (Å²) < 4.78 is 12.7. The molecule has 0 aliphatic heterocycles. The first-order valence-electron chi connectivity index (χ1n) is 11.2. The second-order valence-electron chi connectivity index (χ2n) is 8.69. The van der Waals surface area contributed by atoms with E-state index in [0.29, 0.717) is 35.3 Å². The van der Waals surface area contributed by atoms with Crippen LogP contribution in [0.3, 0.4) is 0 Å². The molecule has 1 aromatic heterocycles. The summed E-state index contributed by atoms with van der Waals surface area (Å²) in [6, 6.07) is 15.5. The number of ether oxygens (including phenoxy) is 2. The first-order valence-corrected chi connectivity index (χ1v) is 11.6. The number of aromatic nitrogens is 2. The monoisotopic (exact) mass is 467 g/mol. The maximum Gasteiger partial charge on any atom is 0.269 e. The Kier molecular flexibility index (Phi) is 6.94. The summed E-state index contributed by atoms with van der Waals surface area (Å²) in [6.07, 6.45) is 4.31. The van der Waals surface area contributed by atoms with Gasteiger partial charge in [-0.15, -0.1) is 0 Å². The van der Waals surface area contributed by atoms with Crippen molar-refractivity contribution in [2.75, 3.05) is 20.8 Å². The Morgan fingerprint density at radius 2 is 1.76 bits per heavy atom. The van der Waals surface area contributed by atoms with Crippen molar-refractivity contribution < 1.29 is 14.3 Å². The summed E-state index contributed by atoms with van der Waals surface area (Å²) in [6.45, 7) is 2.97. The van der Waals surface area contributed by atoms with Crippen LogP contribution in [0.15, 0.2) is 48.5 Å².